The number of hydrogen-bond donors (Lipinski definition) is 2. The van der Waals surface area contributed by atoms with Gasteiger partial charge < -0.3 is 14.6 Å². The molecule has 2 unspecified atom stereocenters. The lowest BCUT2D eigenvalue weighted by molar-refractivity contribution is -0.142. The van der Waals surface area contributed by atoms with Gasteiger partial charge in [0.25, 0.3) is 0 Å². The molecule has 4 atom stereocenters. The minimum atomic E-state index is -3.67. The van der Waals surface area contributed by atoms with Gasteiger partial charge in [-0.3, -0.25) is 0 Å². The number of sulfonamides is 1. The summed E-state index contributed by atoms with van der Waals surface area (Å²) in [5, 5.41) is 8.73. The van der Waals surface area contributed by atoms with Crippen LogP contribution in [0.15, 0.2) is 53.4 Å². The second kappa shape index (κ2) is 10.7. The largest absolute Gasteiger partial charge is 0.480 e. The quantitative estimate of drug-likeness (QED) is 0.427. The molecule has 1 aliphatic carbocycles. The molecule has 0 spiro atoms. The molecule has 9 heteroatoms. The summed E-state index contributed by atoms with van der Waals surface area (Å²) in [6.07, 6.45) is 2.99. The number of carboxylic acids is 1. The Morgan fingerprint density at radius 1 is 1.17 bits per heavy atom. The number of unbranched alkanes of at least 4 members (excludes halogenated alkanes) is 1. The summed E-state index contributed by atoms with van der Waals surface area (Å²) in [4.78, 5) is 10.9. The molecule has 0 radical (unpaired) electrons. The van der Waals surface area contributed by atoms with Crippen LogP contribution in [0.25, 0.3) is 0 Å². The number of halogens is 1. The lowest BCUT2D eigenvalue weighted by Gasteiger charge is -2.40. The highest BCUT2D eigenvalue weighted by molar-refractivity contribution is 7.89. The summed E-state index contributed by atoms with van der Waals surface area (Å²) in [7, 11) is -3.67. The number of carboxylic acid groups (broad SMARTS) is 1. The van der Waals surface area contributed by atoms with Gasteiger partial charge >= 0.3 is 5.97 Å². The molecule has 2 aromatic carbocycles. The van der Waals surface area contributed by atoms with Gasteiger partial charge in [0, 0.05) is 24.5 Å². The van der Waals surface area contributed by atoms with Gasteiger partial charge in [-0.05, 0) is 61.9 Å². The minimum Gasteiger partial charge on any atom is -0.480 e. The van der Waals surface area contributed by atoms with Crippen molar-refractivity contribution in [2.75, 3.05) is 26.4 Å². The first-order valence-electron chi connectivity index (χ1n) is 11.9. The van der Waals surface area contributed by atoms with Crippen LogP contribution in [0.4, 0.5) is 4.39 Å². The molecule has 2 N–H and O–H groups in total. The zero-order chi connectivity index (χ0) is 25.1. The molecular formula is C26H32FNO6S. The smallest absolute Gasteiger partial charge is 0.329 e. The summed E-state index contributed by atoms with van der Waals surface area (Å²) in [5.41, 5.74) is 1.69. The van der Waals surface area contributed by atoms with Crippen molar-refractivity contribution in [2.45, 2.75) is 49.0 Å². The molecular weight excluding hydrogens is 473 g/mol. The van der Waals surface area contributed by atoms with Crippen LogP contribution in [-0.4, -0.2) is 52.0 Å². The van der Waals surface area contributed by atoms with E-state index in [0.29, 0.717) is 19.6 Å². The predicted octanol–water partition coefficient (Wildman–Crippen LogP) is 3.66. The minimum absolute atomic E-state index is 0.0334. The number of fused-ring (bicyclic) bond motifs is 2. The predicted molar refractivity (Wildman–Crippen MR) is 128 cm³/mol. The Morgan fingerprint density at radius 3 is 2.57 bits per heavy atom. The molecule has 2 bridgehead atoms. The van der Waals surface area contributed by atoms with Crippen LogP contribution in [-0.2, 0) is 29.7 Å². The number of benzene rings is 2. The van der Waals surface area contributed by atoms with Crippen LogP contribution in [0.1, 0.15) is 36.8 Å². The maximum absolute atomic E-state index is 13.6. The number of rotatable bonds is 12. The maximum atomic E-state index is 13.6. The highest BCUT2D eigenvalue weighted by atomic mass is 32.2. The fraction of sp³-hybridized carbons (Fsp3) is 0.500. The van der Waals surface area contributed by atoms with Gasteiger partial charge in [0.15, 0.2) is 0 Å². The fourth-order valence-electron chi connectivity index (χ4n) is 5.63. The zero-order valence-electron chi connectivity index (χ0n) is 19.8. The third-order valence-electron chi connectivity index (χ3n) is 7.36. The van der Waals surface area contributed by atoms with Crippen molar-refractivity contribution in [3.8, 4) is 0 Å². The van der Waals surface area contributed by atoms with Crippen LogP contribution in [0.3, 0.4) is 0 Å². The Bertz CT molecular complexity index is 1120. The Labute approximate surface area is 205 Å². The zero-order valence-corrected chi connectivity index (χ0v) is 20.6. The van der Waals surface area contributed by atoms with E-state index in [2.05, 4.69) is 4.72 Å². The Kier molecular flexibility index (Phi) is 7.90. The number of hydrogen-bond acceptors (Lipinski definition) is 5. The molecule has 2 fully saturated rings. The average molecular weight is 506 g/mol. The lowest BCUT2D eigenvalue weighted by atomic mass is 9.69. The Balaban J connectivity index is 1.49. The molecule has 190 valence electrons. The van der Waals surface area contributed by atoms with Gasteiger partial charge in [-0.25, -0.2) is 22.3 Å². The van der Waals surface area contributed by atoms with Gasteiger partial charge in [0.2, 0.25) is 10.0 Å². The van der Waals surface area contributed by atoms with Crippen LogP contribution >= 0.6 is 0 Å². The van der Waals surface area contributed by atoms with Crippen molar-refractivity contribution >= 4 is 16.0 Å². The normalized spacial score (nSPS) is 25.7. The van der Waals surface area contributed by atoms with Crippen molar-refractivity contribution in [1.29, 1.82) is 0 Å². The lowest BCUT2D eigenvalue weighted by Crippen LogP contribution is -2.44. The van der Waals surface area contributed by atoms with E-state index < -0.39 is 16.0 Å². The van der Waals surface area contributed by atoms with E-state index >= 15 is 0 Å². The Morgan fingerprint density at radius 2 is 1.89 bits per heavy atom. The second-order valence-electron chi connectivity index (χ2n) is 9.59. The molecule has 35 heavy (non-hydrogen) atoms. The number of aliphatic carboxylic acids is 1. The molecule has 2 aliphatic rings. The van der Waals surface area contributed by atoms with Crippen molar-refractivity contribution in [2.24, 2.45) is 11.8 Å². The summed E-state index contributed by atoms with van der Waals surface area (Å²) in [5.74, 6) is -1.19. The van der Waals surface area contributed by atoms with Gasteiger partial charge in [-0.1, -0.05) is 36.2 Å². The monoisotopic (exact) mass is 505 g/mol. The molecule has 1 aliphatic heterocycles. The van der Waals surface area contributed by atoms with Crippen LogP contribution in [0.5, 0.6) is 0 Å². The van der Waals surface area contributed by atoms with Gasteiger partial charge in [0.1, 0.15) is 12.4 Å². The molecule has 1 saturated heterocycles. The van der Waals surface area contributed by atoms with Gasteiger partial charge in [0.05, 0.1) is 17.6 Å². The maximum Gasteiger partial charge on any atom is 0.329 e. The molecule has 1 heterocycles. The van der Waals surface area contributed by atoms with E-state index in [1.165, 1.54) is 12.1 Å². The number of aryl methyl sites for hydroxylation is 1. The summed E-state index contributed by atoms with van der Waals surface area (Å²) in [6, 6.07) is 13.3. The van der Waals surface area contributed by atoms with Gasteiger partial charge in [-0.2, -0.15) is 0 Å². The first-order valence-corrected chi connectivity index (χ1v) is 13.4. The van der Waals surface area contributed by atoms with Crippen molar-refractivity contribution in [1.82, 2.24) is 4.72 Å². The van der Waals surface area contributed by atoms with Crippen molar-refractivity contribution < 1.29 is 32.2 Å². The summed E-state index contributed by atoms with van der Waals surface area (Å²) >= 11 is 0. The van der Waals surface area contributed by atoms with E-state index in [1.54, 1.807) is 24.3 Å². The fourth-order valence-corrected chi connectivity index (χ4v) is 6.70. The highest BCUT2D eigenvalue weighted by Gasteiger charge is 2.59. The summed E-state index contributed by atoms with van der Waals surface area (Å²) in [6.45, 7) is 2.72. The number of ether oxygens (including phenoxy) is 2. The topological polar surface area (TPSA) is 102 Å². The molecule has 0 aromatic heterocycles. The molecule has 1 saturated carbocycles. The second-order valence-corrected chi connectivity index (χ2v) is 11.4. The van der Waals surface area contributed by atoms with Gasteiger partial charge in [-0.15, -0.1) is 0 Å². The Hall–Kier alpha value is -2.33. The van der Waals surface area contributed by atoms with E-state index in [4.69, 9.17) is 14.6 Å². The third-order valence-corrected chi connectivity index (χ3v) is 8.80. The standard InChI is InChI=1S/C26H32FNO6S/c1-18-5-11-21(12-6-18)35(31,32)28-15-22-23(4-2-3-13-33-16-25(29)30)26(14-24(22)34-17-26)19-7-9-20(27)10-8-19/h5-12,22-24,28H,2-4,13-17H2,1H3,(H,29,30)/t22-,23-,24?,26?/m0/s1. The summed E-state index contributed by atoms with van der Waals surface area (Å²) < 4.78 is 53.6. The van der Waals surface area contributed by atoms with Crippen LogP contribution < -0.4 is 4.72 Å². The van der Waals surface area contributed by atoms with E-state index in [0.717, 1.165) is 30.4 Å². The molecule has 4 rings (SSSR count). The first kappa shape index (κ1) is 25.8. The van der Waals surface area contributed by atoms with E-state index in [-0.39, 0.29) is 47.2 Å². The number of nitrogens with one attached hydrogen (secondary N) is 1. The third kappa shape index (κ3) is 5.74. The molecule has 2 aromatic rings. The SMILES string of the molecule is Cc1ccc(S(=O)(=O)NC[C@@H]2C3CC(c4ccc(F)cc4)(CO3)[C@H]2CCCCOCC(=O)O)cc1. The number of carbonyl (C=O) groups is 1. The van der Waals surface area contributed by atoms with E-state index in [1.807, 2.05) is 19.1 Å². The van der Waals surface area contributed by atoms with Crippen molar-refractivity contribution in [3.05, 3.63) is 65.5 Å². The average Bonchev–Trinajstić information content (AvgIpc) is 3.38. The molecule has 7 nitrogen and oxygen atoms in total. The highest BCUT2D eigenvalue weighted by Crippen LogP contribution is 2.56. The van der Waals surface area contributed by atoms with Crippen molar-refractivity contribution in [3.63, 3.8) is 0 Å². The van der Waals surface area contributed by atoms with Crippen LogP contribution in [0.2, 0.25) is 0 Å². The van der Waals surface area contributed by atoms with Crippen LogP contribution in [0, 0.1) is 24.6 Å². The van der Waals surface area contributed by atoms with E-state index in [9.17, 15) is 17.6 Å². The molecule has 0 amide bonds. The first-order chi connectivity index (χ1) is 16.7.